The van der Waals surface area contributed by atoms with E-state index in [1.165, 1.54) is 0 Å². The van der Waals surface area contributed by atoms with E-state index in [0.29, 0.717) is 11.0 Å². The second kappa shape index (κ2) is 6.27. The number of carboxylic acid groups (broad SMARTS) is 1. The molecule has 1 heterocycles. The van der Waals surface area contributed by atoms with Crippen LogP contribution >= 0.6 is 11.8 Å². The lowest BCUT2D eigenvalue weighted by Crippen LogP contribution is -2.41. The molecule has 1 unspecified atom stereocenters. The van der Waals surface area contributed by atoms with Gasteiger partial charge in [-0.25, -0.2) is 0 Å². The molecule has 5 heteroatoms. The summed E-state index contributed by atoms with van der Waals surface area (Å²) in [7, 11) is 0. The molecule has 0 bridgehead atoms. The summed E-state index contributed by atoms with van der Waals surface area (Å²) in [6.07, 6.45) is 0.959. The highest BCUT2D eigenvalue weighted by Crippen LogP contribution is 2.19. The fourth-order valence-electron chi connectivity index (χ4n) is 1.08. The number of hydrogen-bond donors (Lipinski definition) is 2. The molecule has 1 aliphatic rings. The van der Waals surface area contributed by atoms with E-state index < -0.39 is 12.0 Å². The van der Waals surface area contributed by atoms with Crippen LogP contribution in [0.1, 0.15) is 13.3 Å². The van der Waals surface area contributed by atoms with E-state index in [1.54, 1.807) is 11.8 Å². The van der Waals surface area contributed by atoms with E-state index in [4.69, 9.17) is 9.84 Å². The fourth-order valence-corrected chi connectivity index (χ4v) is 2.19. The van der Waals surface area contributed by atoms with Gasteiger partial charge in [0, 0.05) is 5.75 Å². The zero-order valence-corrected chi connectivity index (χ0v) is 9.18. The molecule has 0 saturated carbocycles. The van der Waals surface area contributed by atoms with Gasteiger partial charge >= 0.3 is 5.97 Å². The SMILES string of the molecule is CCCNC(CSC1COC1)C(=O)O. The van der Waals surface area contributed by atoms with Crippen LogP contribution in [0.25, 0.3) is 0 Å². The Balaban J connectivity index is 2.16. The molecular weight excluding hydrogens is 202 g/mol. The van der Waals surface area contributed by atoms with Gasteiger partial charge < -0.3 is 15.2 Å². The first kappa shape index (κ1) is 11.8. The number of aliphatic carboxylic acids is 1. The molecule has 0 aliphatic carbocycles. The van der Waals surface area contributed by atoms with Gasteiger partial charge in [-0.05, 0) is 13.0 Å². The number of thioether (sulfide) groups is 1. The third-order valence-corrected chi connectivity index (χ3v) is 3.31. The van der Waals surface area contributed by atoms with Crippen molar-refractivity contribution in [1.29, 1.82) is 0 Å². The number of ether oxygens (including phenoxy) is 1. The summed E-state index contributed by atoms with van der Waals surface area (Å²) < 4.78 is 5.02. The second-order valence-electron chi connectivity index (χ2n) is 3.34. The maximum absolute atomic E-state index is 10.8. The molecule has 0 aromatic carbocycles. The molecule has 1 aliphatic heterocycles. The Labute approximate surface area is 88.4 Å². The minimum atomic E-state index is -0.758. The molecule has 0 radical (unpaired) electrons. The van der Waals surface area contributed by atoms with Crippen LogP contribution in [-0.2, 0) is 9.53 Å². The van der Waals surface area contributed by atoms with Crippen molar-refractivity contribution >= 4 is 17.7 Å². The van der Waals surface area contributed by atoms with Crippen molar-refractivity contribution in [3.8, 4) is 0 Å². The van der Waals surface area contributed by atoms with Gasteiger partial charge in [-0.1, -0.05) is 6.92 Å². The Morgan fingerprint density at radius 1 is 1.71 bits per heavy atom. The van der Waals surface area contributed by atoms with Crippen molar-refractivity contribution in [2.75, 3.05) is 25.5 Å². The predicted octanol–water partition coefficient (Wildman–Crippen LogP) is 0.571. The van der Waals surface area contributed by atoms with Crippen LogP contribution in [0.4, 0.5) is 0 Å². The van der Waals surface area contributed by atoms with Gasteiger partial charge in [0.05, 0.1) is 18.5 Å². The summed E-state index contributed by atoms with van der Waals surface area (Å²) in [5.74, 6) is -0.130. The molecule has 1 rings (SSSR count). The van der Waals surface area contributed by atoms with Crippen LogP contribution in [0.15, 0.2) is 0 Å². The standard InChI is InChI=1S/C9H17NO3S/c1-2-3-10-8(9(11)12)6-14-7-4-13-5-7/h7-8,10H,2-6H2,1H3,(H,11,12). The number of carbonyl (C=O) groups is 1. The number of carboxylic acids is 1. The quantitative estimate of drug-likeness (QED) is 0.655. The van der Waals surface area contributed by atoms with Crippen LogP contribution < -0.4 is 5.32 Å². The van der Waals surface area contributed by atoms with Crippen LogP contribution in [0, 0.1) is 0 Å². The van der Waals surface area contributed by atoms with Crippen LogP contribution in [-0.4, -0.2) is 47.9 Å². The molecule has 1 fully saturated rings. The van der Waals surface area contributed by atoms with E-state index in [-0.39, 0.29) is 0 Å². The molecule has 82 valence electrons. The van der Waals surface area contributed by atoms with E-state index in [0.717, 1.165) is 26.2 Å². The zero-order valence-electron chi connectivity index (χ0n) is 8.36. The number of nitrogens with one attached hydrogen (secondary N) is 1. The van der Waals surface area contributed by atoms with Crippen molar-refractivity contribution in [3.63, 3.8) is 0 Å². The summed E-state index contributed by atoms with van der Waals surface area (Å²) in [6, 6.07) is -0.416. The van der Waals surface area contributed by atoms with Crippen molar-refractivity contribution in [2.24, 2.45) is 0 Å². The first-order chi connectivity index (χ1) is 6.74. The van der Waals surface area contributed by atoms with Gasteiger partial charge in [0.15, 0.2) is 0 Å². The molecule has 0 aromatic rings. The van der Waals surface area contributed by atoms with Gasteiger partial charge in [-0.3, -0.25) is 4.79 Å². The summed E-state index contributed by atoms with van der Waals surface area (Å²) in [5.41, 5.74) is 0. The summed E-state index contributed by atoms with van der Waals surface area (Å²) >= 11 is 1.68. The fraction of sp³-hybridized carbons (Fsp3) is 0.889. The molecule has 1 saturated heterocycles. The Morgan fingerprint density at radius 3 is 2.86 bits per heavy atom. The van der Waals surface area contributed by atoms with Crippen molar-refractivity contribution < 1.29 is 14.6 Å². The highest BCUT2D eigenvalue weighted by Gasteiger charge is 2.23. The Hall–Kier alpha value is -0.260. The van der Waals surface area contributed by atoms with E-state index >= 15 is 0 Å². The van der Waals surface area contributed by atoms with E-state index in [1.807, 2.05) is 6.92 Å². The van der Waals surface area contributed by atoms with Gasteiger partial charge in [-0.15, -0.1) is 0 Å². The minimum Gasteiger partial charge on any atom is -0.480 e. The topological polar surface area (TPSA) is 58.6 Å². The second-order valence-corrected chi connectivity index (χ2v) is 4.67. The highest BCUT2D eigenvalue weighted by atomic mass is 32.2. The predicted molar refractivity (Wildman–Crippen MR) is 56.8 cm³/mol. The van der Waals surface area contributed by atoms with Gasteiger partial charge in [-0.2, -0.15) is 11.8 Å². The molecule has 4 nitrogen and oxygen atoms in total. The normalized spacial score (nSPS) is 18.9. The lowest BCUT2D eigenvalue weighted by Gasteiger charge is -2.26. The average molecular weight is 219 g/mol. The summed E-state index contributed by atoms with van der Waals surface area (Å²) in [4.78, 5) is 10.8. The smallest absolute Gasteiger partial charge is 0.321 e. The van der Waals surface area contributed by atoms with Crippen LogP contribution in [0.5, 0.6) is 0 Å². The molecular formula is C9H17NO3S. The monoisotopic (exact) mass is 219 g/mol. The van der Waals surface area contributed by atoms with Crippen molar-refractivity contribution in [2.45, 2.75) is 24.6 Å². The summed E-state index contributed by atoms with van der Waals surface area (Å²) in [6.45, 7) is 4.33. The third-order valence-electron chi connectivity index (χ3n) is 2.04. The Morgan fingerprint density at radius 2 is 2.43 bits per heavy atom. The zero-order chi connectivity index (χ0) is 10.4. The van der Waals surface area contributed by atoms with Crippen molar-refractivity contribution in [1.82, 2.24) is 5.32 Å². The minimum absolute atomic E-state index is 0.416. The van der Waals surface area contributed by atoms with Gasteiger partial charge in [0.25, 0.3) is 0 Å². The highest BCUT2D eigenvalue weighted by molar-refractivity contribution is 8.00. The Kier molecular flexibility index (Phi) is 5.29. The summed E-state index contributed by atoms with van der Waals surface area (Å²) in [5, 5.41) is 12.4. The van der Waals surface area contributed by atoms with Gasteiger partial charge in [0.1, 0.15) is 6.04 Å². The van der Waals surface area contributed by atoms with Gasteiger partial charge in [0.2, 0.25) is 0 Å². The lowest BCUT2D eigenvalue weighted by molar-refractivity contribution is -0.138. The van der Waals surface area contributed by atoms with Crippen molar-refractivity contribution in [3.05, 3.63) is 0 Å². The largest absolute Gasteiger partial charge is 0.480 e. The maximum Gasteiger partial charge on any atom is 0.321 e. The Bertz CT molecular complexity index is 185. The molecule has 0 aromatic heterocycles. The number of hydrogen-bond acceptors (Lipinski definition) is 4. The first-order valence-corrected chi connectivity index (χ1v) is 5.94. The molecule has 0 amide bonds. The average Bonchev–Trinajstić information content (AvgIpc) is 2.07. The lowest BCUT2D eigenvalue weighted by atomic mass is 10.3. The molecule has 1 atom stereocenters. The third kappa shape index (κ3) is 3.86. The molecule has 2 N–H and O–H groups in total. The first-order valence-electron chi connectivity index (χ1n) is 4.89. The van der Waals surface area contributed by atoms with Crippen LogP contribution in [0.2, 0.25) is 0 Å². The van der Waals surface area contributed by atoms with E-state index in [2.05, 4.69) is 5.32 Å². The van der Waals surface area contributed by atoms with Crippen LogP contribution in [0.3, 0.4) is 0 Å². The molecule has 0 spiro atoms. The van der Waals surface area contributed by atoms with E-state index in [9.17, 15) is 4.79 Å². The number of rotatable bonds is 7. The maximum atomic E-state index is 10.8. The molecule has 14 heavy (non-hydrogen) atoms.